The van der Waals surface area contributed by atoms with Crippen molar-refractivity contribution in [3.63, 3.8) is 0 Å². The largest absolute Gasteiger partial charge is 0.461 e. The number of nitrogens with zero attached hydrogens (tertiary/aromatic N) is 3. The van der Waals surface area contributed by atoms with E-state index in [0.717, 1.165) is 0 Å². The van der Waals surface area contributed by atoms with E-state index in [1.165, 1.54) is 18.2 Å². The van der Waals surface area contributed by atoms with E-state index in [2.05, 4.69) is 15.0 Å². The quantitative estimate of drug-likeness (QED) is 0.866. The lowest BCUT2D eigenvalue weighted by Crippen LogP contribution is -2.09. The van der Waals surface area contributed by atoms with Gasteiger partial charge in [0, 0.05) is 5.56 Å². The Balaban J connectivity index is 2.46. The van der Waals surface area contributed by atoms with E-state index in [0.29, 0.717) is 5.56 Å². The molecule has 0 amide bonds. The third-order valence-electron chi connectivity index (χ3n) is 2.10. The summed E-state index contributed by atoms with van der Waals surface area (Å²) < 4.78 is 18.4. The van der Waals surface area contributed by atoms with Crippen LogP contribution in [0.5, 0.6) is 6.01 Å². The fraction of sp³-hybridized carbons (Fsp3) is 0.250. The van der Waals surface area contributed by atoms with Crippen LogP contribution in [0, 0.1) is 5.82 Å². The summed E-state index contributed by atoms with van der Waals surface area (Å²) in [6.07, 6.45) is -0.102. The van der Waals surface area contributed by atoms with Crippen LogP contribution in [0.2, 0.25) is 10.3 Å². The van der Waals surface area contributed by atoms with Crippen molar-refractivity contribution in [3.05, 3.63) is 34.3 Å². The van der Waals surface area contributed by atoms with Crippen molar-refractivity contribution in [1.82, 2.24) is 15.0 Å². The van der Waals surface area contributed by atoms with E-state index >= 15 is 0 Å². The molecule has 1 aromatic heterocycles. The molecular formula is C12H10Cl2FN3O. The van der Waals surface area contributed by atoms with Gasteiger partial charge in [0.1, 0.15) is 5.82 Å². The van der Waals surface area contributed by atoms with Crippen LogP contribution in [-0.2, 0) is 0 Å². The van der Waals surface area contributed by atoms with Crippen molar-refractivity contribution in [2.75, 3.05) is 0 Å². The molecule has 1 heterocycles. The normalized spacial score (nSPS) is 10.8. The first-order chi connectivity index (χ1) is 8.95. The Hall–Kier alpha value is -1.46. The number of rotatable bonds is 3. The molecule has 19 heavy (non-hydrogen) atoms. The molecule has 1 aromatic carbocycles. The van der Waals surface area contributed by atoms with Crippen LogP contribution < -0.4 is 4.74 Å². The van der Waals surface area contributed by atoms with Gasteiger partial charge in [0.15, 0.2) is 5.82 Å². The van der Waals surface area contributed by atoms with Gasteiger partial charge in [-0.1, -0.05) is 11.6 Å². The molecule has 0 N–H and O–H groups in total. The molecule has 0 saturated heterocycles. The summed E-state index contributed by atoms with van der Waals surface area (Å²) in [4.78, 5) is 11.9. The van der Waals surface area contributed by atoms with Gasteiger partial charge in [0.25, 0.3) is 0 Å². The van der Waals surface area contributed by atoms with E-state index in [4.69, 9.17) is 27.9 Å². The first kappa shape index (κ1) is 14.0. The second-order valence-electron chi connectivity index (χ2n) is 4.00. The Morgan fingerprint density at radius 1 is 1.16 bits per heavy atom. The zero-order chi connectivity index (χ0) is 14.0. The third-order valence-corrected chi connectivity index (χ3v) is 2.58. The van der Waals surface area contributed by atoms with Crippen molar-refractivity contribution in [1.29, 1.82) is 0 Å². The lowest BCUT2D eigenvalue weighted by atomic mass is 10.2. The molecule has 4 nitrogen and oxygen atoms in total. The molecule has 0 atom stereocenters. The van der Waals surface area contributed by atoms with E-state index in [9.17, 15) is 4.39 Å². The van der Waals surface area contributed by atoms with Crippen molar-refractivity contribution in [2.24, 2.45) is 0 Å². The van der Waals surface area contributed by atoms with Gasteiger partial charge in [-0.3, -0.25) is 0 Å². The zero-order valence-electron chi connectivity index (χ0n) is 10.2. The van der Waals surface area contributed by atoms with E-state index in [1.807, 2.05) is 13.8 Å². The Bertz CT molecular complexity index is 608. The molecule has 100 valence electrons. The number of benzene rings is 1. The van der Waals surface area contributed by atoms with Crippen LogP contribution in [0.25, 0.3) is 11.4 Å². The van der Waals surface area contributed by atoms with Crippen molar-refractivity contribution in [3.8, 4) is 17.4 Å². The maximum absolute atomic E-state index is 13.0. The minimum Gasteiger partial charge on any atom is -0.461 e. The highest BCUT2D eigenvalue weighted by molar-refractivity contribution is 6.33. The third kappa shape index (κ3) is 3.52. The summed E-state index contributed by atoms with van der Waals surface area (Å²) in [6, 6.07) is 4.02. The average molecular weight is 302 g/mol. The summed E-state index contributed by atoms with van der Waals surface area (Å²) in [7, 11) is 0. The second kappa shape index (κ2) is 5.67. The molecule has 0 aliphatic heterocycles. The van der Waals surface area contributed by atoms with Gasteiger partial charge in [-0.25, -0.2) is 4.39 Å². The highest BCUT2D eigenvalue weighted by Gasteiger charge is 2.12. The fourth-order valence-electron chi connectivity index (χ4n) is 1.39. The minimum absolute atomic E-state index is 0.0129. The van der Waals surface area contributed by atoms with Gasteiger partial charge in [-0.15, -0.1) is 0 Å². The van der Waals surface area contributed by atoms with Crippen LogP contribution in [-0.4, -0.2) is 21.1 Å². The molecule has 7 heteroatoms. The Labute approximate surface area is 119 Å². The van der Waals surface area contributed by atoms with Crippen LogP contribution in [0.3, 0.4) is 0 Å². The van der Waals surface area contributed by atoms with Crippen molar-refractivity contribution < 1.29 is 9.13 Å². The molecule has 0 unspecified atom stereocenters. The predicted molar refractivity (Wildman–Crippen MR) is 71.0 cm³/mol. The molecule has 2 aromatic rings. The number of hydrogen-bond acceptors (Lipinski definition) is 4. The predicted octanol–water partition coefficient (Wildman–Crippen LogP) is 3.77. The highest BCUT2D eigenvalue weighted by atomic mass is 35.5. The van der Waals surface area contributed by atoms with Crippen LogP contribution in [0.4, 0.5) is 4.39 Å². The smallest absolute Gasteiger partial charge is 0.321 e. The maximum atomic E-state index is 13.0. The van der Waals surface area contributed by atoms with Crippen molar-refractivity contribution >= 4 is 23.2 Å². The molecule has 0 bridgehead atoms. The Morgan fingerprint density at radius 3 is 2.53 bits per heavy atom. The molecule has 0 radical (unpaired) electrons. The van der Waals surface area contributed by atoms with E-state index in [-0.39, 0.29) is 28.2 Å². The van der Waals surface area contributed by atoms with Crippen LogP contribution in [0.15, 0.2) is 18.2 Å². The van der Waals surface area contributed by atoms with Crippen LogP contribution >= 0.6 is 23.2 Å². The summed E-state index contributed by atoms with van der Waals surface area (Å²) in [6.45, 7) is 3.67. The lowest BCUT2D eigenvalue weighted by molar-refractivity contribution is 0.222. The zero-order valence-corrected chi connectivity index (χ0v) is 11.7. The number of hydrogen-bond donors (Lipinski definition) is 0. The topological polar surface area (TPSA) is 47.9 Å². The summed E-state index contributed by atoms with van der Waals surface area (Å²) >= 11 is 11.8. The summed E-state index contributed by atoms with van der Waals surface area (Å²) in [5.74, 6) is -0.201. The van der Waals surface area contributed by atoms with Crippen molar-refractivity contribution in [2.45, 2.75) is 20.0 Å². The van der Waals surface area contributed by atoms with E-state index < -0.39 is 5.82 Å². The first-order valence-corrected chi connectivity index (χ1v) is 6.25. The van der Waals surface area contributed by atoms with Gasteiger partial charge < -0.3 is 4.74 Å². The monoisotopic (exact) mass is 301 g/mol. The number of halogens is 3. The van der Waals surface area contributed by atoms with Gasteiger partial charge in [0.2, 0.25) is 5.28 Å². The summed E-state index contributed by atoms with van der Waals surface area (Å²) in [5.41, 5.74) is 0.459. The molecule has 0 aliphatic carbocycles. The van der Waals surface area contributed by atoms with E-state index in [1.54, 1.807) is 0 Å². The SMILES string of the molecule is CC(C)Oc1nc(Cl)nc(-c2ccc(F)cc2Cl)n1. The second-order valence-corrected chi connectivity index (χ2v) is 4.75. The van der Waals surface area contributed by atoms with Gasteiger partial charge >= 0.3 is 6.01 Å². The number of ether oxygens (including phenoxy) is 1. The molecule has 0 aliphatic rings. The Morgan fingerprint density at radius 2 is 1.89 bits per heavy atom. The molecule has 0 spiro atoms. The number of aromatic nitrogens is 3. The standard InChI is InChI=1S/C12H10Cl2FN3O/c1-6(2)19-12-17-10(16-11(14)18-12)8-4-3-7(15)5-9(8)13/h3-6H,1-2H3. The van der Waals surface area contributed by atoms with Crippen LogP contribution in [0.1, 0.15) is 13.8 Å². The van der Waals surface area contributed by atoms with Gasteiger partial charge in [-0.05, 0) is 43.6 Å². The van der Waals surface area contributed by atoms with Gasteiger partial charge in [-0.2, -0.15) is 15.0 Å². The Kier molecular flexibility index (Phi) is 4.17. The molecular weight excluding hydrogens is 292 g/mol. The maximum Gasteiger partial charge on any atom is 0.321 e. The van der Waals surface area contributed by atoms with Gasteiger partial charge in [0.05, 0.1) is 11.1 Å². The fourth-order valence-corrected chi connectivity index (χ4v) is 1.79. The minimum atomic E-state index is -0.437. The highest BCUT2D eigenvalue weighted by Crippen LogP contribution is 2.27. The molecule has 2 rings (SSSR count). The summed E-state index contributed by atoms with van der Waals surface area (Å²) in [5, 5.41) is 0.179. The average Bonchev–Trinajstić information content (AvgIpc) is 2.26. The molecule has 0 saturated carbocycles. The molecule has 0 fully saturated rings. The lowest BCUT2D eigenvalue weighted by Gasteiger charge is -2.09. The first-order valence-electron chi connectivity index (χ1n) is 5.49.